The molecule has 1 saturated heterocycles. The van der Waals surface area contributed by atoms with Gasteiger partial charge in [-0.3, -0.25) is 15.1 Å². The summed E-state index contributed by atoms with van der Waals surface area (Å²) < 4.78 is 27.4. The fraction of sp³-hybridized carbons (Fsp3) is 0.400. The quantitative estimate of drug-likeness (QED) is 0.633. The van der Waals surface area contributed by atoms with E-state index < -0.39 is 14.9 Å². The van der Waals surface area contributed by atoms with Crippen molar-refractivity contribution in [2.45, 2.75) is 18.2 Å². The highest BCUT2D eigenvalue weighted by Gasteiger charge is 2.40. The molecule has 1 aromatic heterocycles. The number of non-ortho nitro benzene ring substituents is 1. The van der Waals surface area contributed by atoms with Gasteiger partial charge in [-0.1, -0.05) is 6.92 Å². The van der Waals surface area contributed by atoms with Crippen LogP contribution in [0.4, 0.5) is 5.69 Å². The molecule has 25 heavy (non-hydrogen) atoms. The number of rotatable bonds is 4. The van der Waals surface area contributed by atoms with Crippen LogP contribution in [0.2, 0.25) is 0 Å². The van der Waals surface area contributed by atoms with Crippen LogP contribution >= 0.6 is 12.4 Å². The number of nitro benzene ring substituents is 1. The molecule has 1 aliphatic rings. The van der Waals surface area contributed by atoms with Crippen LogP contribution in [0.3, 0.4) is 0 Å². The van der Waals surface area contributed by atoms with Crippen molar-refractivity contribution in [3.05, 3.63) is 40.6 Å². The number of nitro groups is 1. The van der Waals surface area contributed by atoms with Crippen LogP contribution in [0, 0.1) is 15.5 Å². The van der Waals surface area contributed by atoms with Gasteiger partial charge in [0.25, 0.3) is 5.69 Å². The third kappa shape index (κ3) is 3.32. The SMILES string of the molecule is CC1(CN)CCN(S(=O)(=O)c2ccc([N+](=O)[O-])c3cccnc23)C1.Cl. The van der Waals surface area contributed by atoms with E-state index in [2.05, 4.69) is 4.98 Å². The molecule has 1 fully saturated rings. The number of nitrogens with two attached hydrogens (primary N) is 1. The Morgan fingerprint density at radius 2 is 2.12 bits per heavy atom. The number of sulfonamides is 1. The number of hydrogen-bond acceptors (Lipinski definition) is 6. The summed E-state index contributed by atoms with van der Waals surface area (Å²) >= 11 is 0. The number of pyridine rings is 1. The highest BCUT2D eigenvalue weighted by Crippen LogP contribution is 2.35. The van der Waals surface area contributed by atoms with Crippen LogP contribution in [-0.2, 0) is 10.0 Å². The summed E-state index contributed by atoms with van der Waals surface area (Å²) in [5.41, 5.74) is 5.45. The van der Waals surface area contributed by atoms with Gasteiger partial charge in [0.2, 0.25) is 10.0 Å². The first-order chi connectivity index (χ1) is 11.3. The van der Waals surface area contributed by atoms with Gasteiger partial charge in [0, 0.05) is 25.4 Å². The van der Waals surface area contributed by atoms with Gasteiger partial charge >= 0.3 is 0 Å². The van der Waals surface area contributed by atoms with Crippen LogP contribution < -0.4 is 5.73 Å². The molecule has 0 saturated carbocycles. The molecule has 0 amide bonds. The van der Waals surface area contributed by atoms with Crippen molar-refractivity contribution >= 4 is 39.0 Å². The van der Waals surface area contributed by atoms with E-state index in [1.165, 1.54) is 28.7 Å². The first-order valence-corrected chi connectivity index (χ1v) is 8.95. The van der Waals surface area contributed by atoms with Crippen molar-refractivity contribution in [2.75, 3.05) is 19.6 Å². The fourth-order valence-corrected chi connectivity index (χ4v) is 4.73. The Morgan fingerprint density at radius 3 is 2.72 bits per heavy atom. The lowest BCUT2D eigenvalue weighted by atomic mass is 9.90. The molecule has 0 radical (unpaired) electrons. The van der Waals surface area contributed by atoms with Gasteiger partial charge in [0.15, 0.2) is 0 Å². The summed E-state index contributed by atoms with van der Waals surface area (Å²) in [6, 6.07) is 5.54. The van der Waals surface area contributed by atoms with Crippen LogP contribution in [-0.4, -0.2) is 42.3 Å². The Kier molecular flexibility index (Phi) is 5.33. The molecular weight excluding hydrogens is 368 g/mol. The van der Waals surface area contributed by atoms with Gasteiger partial charge in [-0.05, 0) is 36.6 Å². The highest BCUT2D eigenvalue weighted by molar-refractivity contribution is 7.89. The third-order valence-corrected chi connectivity index (χ3v) is 6.42. The number of fused-ring (bicyclic) bond motifs is 1. The molecule has 2 heterocycles. The van der Waals surface area contributed by atoms with Crippen LogP contribution in [0.1, 0.15) is 13.3 Å². The zero-order valence-corrected chi connectivity index (χ0v) is 15.2. The standard InChI is InChI=1S/C15H18N4O4S.ClH/c1-15(9-16)6-8-18(10-15)24(22,23)13-5-4-12(19(20)21)11-3-2-7-17-14(11)13;/h2-5,7H,6,8-10,16H2,1H3;1H. The fourth-order valence-electron chi connectivity index (χ4n) is 2.99. The van der Waals surface area contributed by atoms with E-state index in [4.69, 9.17) is 5.73 Å². The number of aromatic nitrogens is 1. The molecule has 2 aromatic rings. The van der Waals surface area contributed by atoms with Crippen molar-refractivity contribution in [1.82, 2.24) is 9.29 Å². The van der Waals surface area contributed by atoms with Crippen LogP contribution in [0.5, 0.6) is 0 Å². The third-order valence-electron chi connectivity index (χ3n) is 4.54. The first kappa shape index (κ1) is 19.5. The van der Waals surface area contributed by atoms with Crippen LogP contribution in [0.25, 0.3) is 10.9 Å². The van der Waals surface area contributed by atoms with Crippen LogP contribution in [0.15, 0.2) is 35.4 Å². The monoisotopic (exact) mass is 386 g/mol. The maximum Gasteiger partial charge on any atom is 0.278 e. The Morgan fingerprint density at radius 1 is 1.40 bits per heavy atom. The minimum Gasteiger partial charge on any atom is -0.330 e. The van der Waals surface area contributed by atoms with E-state index in [1.807, 2.05) is 6.92 Å². The molecule has 3 rings (SSSR count). The average molecular weight is 387 g/mol. The lowest BCUT2D eigenvalue weighted by Crippen LogP contribution is -2.34. The van der Waals surface area contributed by atoms with Crippen molar-refractivity contribution in [3.8, 4) is 0 Å². The summed E-state index contributed by atoms with van der Waals surface area (Å²) in [7, 11) is -3.80. The Hall–Kier alpha value is -1.81. The Balaban J connectivity index is 0.00000225. The van der Waals surface area contributed by atoms with E-state index in [0.717, 1.165) is 0 Å². The number of nitrogens with zero attached hydrogens (tertiary/aromatic N) is 3. The largest absolute Gasteiger partial charge is 0.330 e. The Labute approximate surface area is 151 Å². The van der Waals surface area contributed by atoms with E-state index >= 15 is 0 Å². The van der Waals surface area contributed by atoms with Crippen molar-refractivity contribution < 1.29 is 13.3 Å². The topological polar surface area (TPSA) is 119 Å². The molecule has 1 unspecified atom stereocenters. The molecule has 1 atom stereocenters. The summed E-state index contributed by atoms with van der Waals surface area (Å²) in [5, 5.41) is 11.4. The molecule has 10 heteroatoms. The molecule has 0 aliphatic carbocycles. The van der Waals surface area contributed by atoms with Gasteiger partial charge in [-0.2, -0.15) is 4.31 Å². The smallest absolute Gasteiger partial charge is 0.278 e. The average Bonchev–Trinajstić information content (AvgIpc) is 2.97. The van der Waals surface area contributed by atoms with Crippen molar-refractivity contribution in [1.29, 1.82) is 0 Å². The minimum absolute atomic E-state index is 0. The molecule has 0 bridgehead atoms. The predicted octanol–water partition coefficient (Wildman–Crippen LogP) is 1.92. The van der Waals surface area contributed by atoms with Crippen molar-refractivity contribution in [3.63, 3.8) is 0 Å². The van der Waals surface area contributed by atoms with Crippen molar-refractivity contribution in [2.24, 2.45) is 11.1 Å². The van der Waals surface area contributed by atoms with Gasteiger partial charge in [-0.15, -0.1) is 12.4 Å². The van der Waals surface area contributed by atoms with E-state index in [9.17, 15) is 18.5 Å². The molecular formula is C15H19ClN4O4S. The first-order valence-electron chi connectivity index (χ1n) is 7.51. The van der Waals surface area contributed by atoms with Gasteiger partial charge in [0.05, 0.1) is 15.8 Å². The van der Waals surface area contributed by atoms with E-state index in [0.29, 0.717) is 26.1 Å². The predicted molar refractivity (Wildman–Crippen MR) is 96.2 cm³/mol. The number of hydrogen-bond donors (Lipinski definition) is 1. The van der Waals surface area contributed by atoms with Gasteiger partial charge in [-0.25, -0.2) is 8.42 Å². The van der Waals surface area contributed by atoms with E-state index in [-0.39, 0.29) is 39.3 Å². The van der Waals surface area contributed by atoms with Gasteiger partial charge < -0.3 is 5.73 Å². The minimum atomic E-state index is -3.80. The summed E-state index contributed by atoms with van der Waals surface area (Å²) in [6.07, 6.45) is 2.11. The second-order valence-electron chi connectivity index (χ2n) is 6.34. The molecule has 1 aliphatic heterocycles. The van der Waals surface area contributed by atoms with E-state index in [1.54, 1.807) is 6.07 Å². The number of benzene rings is 1. The lowest BCUT2D eigenvalue weighted by molar-refractivity contribution is -0.383. The zero-order valence-electron chi connectivity index (χ0n) is 13.6. The summed E-state index contributed by atoms with van der Waals surface area (Å²) in [5.74, 6) is 0. The maximum atomic E-state index is 13.0. The second kappa shape index (κ2) is 6.83. The number of halogens is 1. The normalized spacial score (nSPS) is 21.2. The highest BCUT2D eigenvalue weighted by atomic mass is 35.5. The maximum absolute atomic E-state index is 13.0. The molecule has 8 nitrogen and oxygen atoms in total. The molecule has 0 spiro atoms. The summed E-state index contributed by atoms with van der Waals surface area (Å²) in [4.78, 5) is 14.7. The second-order valence-corrected chi connectivity index (χ2v) is 8.25. The zero-order chi connectivity index (χ0) is 17.5. The molecule has 1 aromatic carbocycles. The molecule has 2 N–H and O–H groups in total. The summed E-state index contributed by atoms with van der Waals surface area (Å²) in [6.45, 7) is 3.06. The lowest BCUT2D eigenvalue weighted by Gasteiger charge is -2.22. The Bertz CT molecular complexity index is 921. The molecule has 136 valence electrons. The van der Waals surface area contributed by atoms with Gasteiger partial charge in [0.1, 0.15) is 4.90 Å².